The van der Waals surface area contributed by atoms with E-state index in [-0.39, 0.29) is 11.8 Å². The highest BCUT2D eigenvalue weighted by molar-refractivity contribution is 8.04. The molecule has 0 aliphatic carbocycles. The van der Waals surface area contributed by atoms with Crippen molar-refractivity contribution >= 4 is 40.8 Å². The highest BCUT2D eigenvalue weighted by atomic mass is 35.5. The Balaban J connectivity index is 2.10. The first-order chi connectivity index (χ1) is 11.9. The molecule has 25 heavy (non-hydrogen) atoms. The standard InChI is InChI=1S/C20H18ClNO2S/c1-4-22-19(23)17(14-6-5-12(2)13(3)11-14)18(20(22)24)25-16-9-7-15(21)8-10-16/h5-11H,4H2,1-3H3. The van der Waals surface area contributed by atoms with E-state index in [4.69, 9.17) is 11.6 Å². The van der Waals surface area contributed by atoms with Crippen molar-refractivity contribution in [3.05, 3.63) is 69.1 Å². The molecule has 0 unspecified atom stereocenters. The molecule has 0 fully saturated rings. The molecule has 2 aromatic carbocycles. The molecule has 0 aromatic heterocycles. The number of benzene rings is 2. The van der Waals surface area contributed by atoms with Crippen LogP contribution in [0.4, 0.5) is 0 Å². The smallest absolute Gasteiger partial charge is 0.268 e. The number of carbonyl (C=O) groups is 2. The molecule has 3 rings (SSSR count). The summed E-state index contributed by atoms with van der Waals surface area (Å²) in [7, 11) is 0. The maximum Gasteiger partial charge on any atom is 0.268 e. The van der Waals surface area contributed by atoms with Gasteiger partial charge in [0, 0.05) is 16.5 Å². The summed E-state index contributed by atoms with van der Waals surface area (Å²) in [4.78, 5) is 28.2. The van der Waals surface area contributed by atoms with E-state index >= 15 is 0 Å². The number of thioether (sulfide) groups is 1. The second-order valence-corrected chi connectivity index (χ2v) is 7.43. The predicted molar refractivity (Wildman–Crippen MR) is 103 cm³/mol. The number of halogens is 1. The van der Waals surface area contributed by atoms with Crippen LogP contribution < -0.4 is 0 Å². The second kappa shape index (κ2) is 7.06. The summed E-state index contributed by atoms with van der Waals surface area (Å²) in [5.41, 5.74) is 3.51. The molecule has 128 valence electrons. The van der Waals surface area contributed by atoms with Crippen LogP contribution in [0.1, 0.15) is 23.6 Å². The van der Waals surface area contributed by atoms with Gasteiger partial charge in [0.15, 0.2) is 0 Å². The van der Waals surface area contributed by atoms with Crippen LogP contribution in [0.15, 0.2) is 52.3 Å². The van der Waals surface area contributed by atoms with Gasteiger partial charge < -0.3 is 0 Å². The van der Waals surface area contributed by atoms with Crippen LogP contribution in [-0.2, 0) is 9.59 Å². The van der Waals surface area contributed by atoms with Crippen LogP contribution in [0, 0.1) is 13.8 Å². The Kier molecular flexibility index (Phi) is 5.02. The van der Waals surface area contributed by atoms with Crippen molar-refractivity contribution in [1.29, 1.82) is 0 Å². The first kappa shape index (κ1) is 17.8. The molecular weight excluding hydrogens is 354 g/mol. The summed E-state index contributed by atoms with van der Waals surface area (Å²) in [6.07, 6.45) is 0. The van der Waals surface area contributed by atoms with Gasteiger partial charge in [0.25, 0.3) is 11.8 Å². The lowest BCUT2D eigenvalue weighted by Gasteiger charge is -2.11. The molecule has 3 nitrogen and oxygen atoms in total. The molecule has 0 radical (unpaired) electrons. The predicted octanol–water partition coefficient (Wildman–Crippen LogP) is 4.85. The van der Waals surface area contributed by atoms with Crippen LogP contribution >= 0.6 is 23.4 Å². The number of hydrogen-bond acceptors (Lipinski definition) is 3. The van der Waals surface area contributed by atoms with Crippen molar-refractivity contribution in [2.24, 2.45) is 0 Å². The lowest BCUT2D eigenvalue weighted by atomic mass is 10.0. The third kappa shape index (κ3) is 3.37. The zero-order valence-corrected chi connectivity index (χ0v) is 15.9. The van der Waals surface area contributed by atoms with Gasteiger partial charge >= 0.3 is 0 Å². The second-order valence-electron chi connectivity index (χ2n) is 5.91. The lowest BCUT2D eigenvalue weighted by Crippen LogP contribution is -2.31. The number of nitrogens with zero attached hydrogens (tertiary/aromatic N) is 1. The van der Waals surface area contributed by atoms with E-state index in [1.165, 1.54) is 16.7 Å². The fraction of sp³-hybridized carbons (Fsp3) is 0.200. The summed E-state index contributed by atoms with van der Waals surface area (Å²) in [5, 5.41) is 0.636. The van der Waals surface area contributed by atoms with Crippen molar-refractivity contribution in [1.82, 2.24) is 4.90 Å². The third-order valence-corrected chi connectivity index (χ3v) is 5.61. The number of aryl methyl sites for hydroxylation is 2. The Bertz CT molecular complexity index is 887. The molecular formula is C20H18ClNO2S. The van der Waals surface area contributed by atoms with Gasteiger partial charge in [0.2, 0.25) is 0 Å². The number of likely N-dealkylation sites (N-methyl/N-ethyl adjacent to an activating group) is 1. The molecule has 0 saturated carbocycles. The Morgan fingerprint density at radius 2 is 1.64 bits per heavy atom. The van der Waals surface area contributed by atoms with Gasteiger partial charge in [-0.25, -0.2) is 0 Å². The first-order valence-corrected chi connectivity index (χ1v) is 9.23. The highest BCUT2D eigenvalue weighted by Gasteiger charge is 2.38. The molecule has 0 atom stereocenters. The van der Waals surface area contributed by atoms with E-state index in [1.807, 2.05) is 51.1 Å². The fourth-order valence-electron chi connectivity index (χ4n) is 2.71. The molecule has 1 aliphatic rings. The zero-order valence-electron chi connectivity index (χ0n) is 14.3. The number of imide groups is 1. The molecule has 1 aliphatic heterocycles. The minimum absolute atomic E-state index is 0.229. The zero-order chi connectivity index (χ0) is 18.1. The minimum Gasteiger partial charge on any atom is -0.274 e. The summed E-state index contributed by atoms with van der Waals surface area (Å²) in [6.45, 7) is 6.20. The summed E-state index contributed by atoms with van der Waals surface area (Å²) >= 11 is 7.24. The van der Waals surface area contributed by atoms with Crippen molar-refractivity contribution in [2.75, 3.05) is 6.54 Å². The fourth-order valence-corrected chi connectivity index (χ4v) is 3.85. The van der Waals surface area contributed by atoms with E-state index < -0.39 is 0 Å². The van der Waals surface area contributed by atoms with Crippen LogP contribution in [0.3, 0.4) is 0 Å². The average molecular weight is 372 g/mol. The molecule has 0 saturated heterocycles. The van der Waals surface area contributed by atoms with Crippen LogP contribution in [0.25, 0.3) is 5.57 Å². The van der Waals surface area contributed by atoms with Gasteiger partial charge in [-0.2, -0.15) is 0 Å². The van der Waals surface area contributed by atoms with Crippen LogP contribution in [0.5, 0.6) is 0 Å². The van der Waals surface area contributed by atoms with Gasteiger partial charge in [-0.05, 0) is 61.7 Å². The molecule has 1 heterocycles. The Morgan fingerprint density at radius 1 is 0.960 bits per heavy atom. The Hall–Kier alpha value is -2.04. The lowest BCUT2D eigenvalue weighted by molar-refractivity contribution is -0.136. The molecule has 0 spiro atoms. The van der Waals surface area contributed by atoms with E-state index in [1.54, 1.807) is 12.1 Å². The number of carbonyl (C=O) groups excluding carboxylic acids is 2. The number of amides is 2. The largest absolute Gasteiger partial charge is 0.274 e. The first-order valence-electron chi connectivity index (χ1n) is 8.04. The number of rotatable bonds is 4. The maximum absolute atomic E-state index is 12.8. The minimum atomic E-state index is -0.235. The molecule has 0 bridgehead atoms. The van der Waals surface area contributed by atoms with Crippen LogP contribution in [-0.4, -0.2) is 23.3 Å². The number of hydrogen-bond donors (Lipinski definition) is 0. The van der Waals surface area contributed by atoms with Crippen molar-refractivity contribution in [3.63, 3.8) is 0 Å². The normalized spacial score (nSPS) is 14.6. The maximum atomic E-state index is 12.8. The van der Waals surface area contributed by atoms with E-state index in [2.05, 4.69) is 0 Å². The third-order valence-electron chi connectivity index (χ3n) is 4.27. The van der Waals surface area contributed by atoms with E-state index in [0.717, 1.165) is 21.6 Å². The average Bonchev–Trinajstić information content (AvgIpc) is 2.82. The summed E-state index contributed by atoms with van der Waals surface area (Å²) in [6, 6.07) is 13.1. The van der Waals surface area contributed by atoms with E-state index in [0.29, 0.717) is 22.0 Å². The molecule has 2 aromatic rings. The summed E-state index contributed by atoms with van der Waals surface area (Å²) < 4.78 is 0. The van der Waals surface area contributed by atoms with Crippen molar-refractivity contribution in [3.8, 4) is 0 Å². The van der Waals surface area contributed by atoms with Crippen molar-refractivity contribution < 1.29 is 9.59 Å². The Labute approximate surface area is 156 Å². The van der Waals surface area contributed by atoms with Gasteiger partial charge in [-0.3, -0.25) is 14.5 Å². The molecule has 0 N–H and O–H groups in total. The highest BCUT2D eigenvalue weighted by Crippen LogP contribution is 2.40. The monoisotopic (exact) mass is 371 g/mol. The summed E-state index contributed by atoms with van der Waals surface area (Å²) in [5.74, 6) is -0.465. The van der Waals surface area contributed by atoms with E-state index in [9.17, 15) is 9.59 Å². The van der Waals surface area contributed by atoms with Crippen LogP contribution in [0.2, 0.25) is 5.02 Å². The van der Waals surface area contributed by atoms with Gasteiger partial charge in [0.05, 0.1) is 10.5 Å². The molecule has 2 amide bonds. The SMILES string of the molecule is CCN1C(=O)C(Sc2ccc(Cl)cc2)=C(c2ccc(C)c(C)c2)C1=O. The van der Waals surface area contributed by atoms with Gasteiger partial charge in [-0.15, -0.1) is 0 Å². The van der Waals surface area contributed by atoms with Gasteiger partial charge in [0.1, 0.15) is 0 Å². The topological polar surface area (TPSA) is 37.4 Å². The molecule has 5 heteroatoms. The van der Waals surface area contributed by atoms with Crippen molar-refractivity contribution in [2.45, 2.75) is 25.7 Å². The Morgan fingerprint density at radius 3 is 2.24 bits per heavy atom. The van der Waals surface area contributed by atoms with Gasteiger partial charge in [-0.1, -0.05) is 41.6 Å². The quantitative estimate of drug-likeness (QED) is 0.721.